The molecule has 0 fully saturated rings. The molecule has 44 heavy (non-hydrogen) atoms. The minimum absolute atomic E-state index is 1.11. The fourth-order valence-corrected chi connectivity index (χ4v) is 6.31. The molecule has 8 rings (SSSR count). The lowest BCUT2D eigenvalue weighted by molar-refractivity contribution is 1.18. The summed E-state index contributed by atoms with van der Waals surface area (Å²) in [4.78, 5) is 2.33. The Morgan fingerprint density at radius 2 is 0.795 bits per heavy atom. The molecule has 0 aliphatic heterocycles. The molecule has 0 spiro atoms. The van der Waals surface area contributed by atoms with Crippen molar-refractivity contribution in [2.75, 3.05) is 4.90 Å². The first-order valence-corrected chi connectivity index (χ1v) is 15.0. The second kappa shape index (κ2) is 11.1. The first kappa shape index (κ1) is 25.8. The van der Waals surface area contributed by atoms with Crippen molar-refractivity contribution in [3.63, 3.8) is 0 Å². The summed E-state index contributed by atoms with van der Waals surface area (Å²) >= 11 is 0. The van der Waals surface area contributed by atoms with Gasteiger partial charge >= 0.3 is 0 Å². The van der Waals surface area contributed by atoms with E-state index in [1.165, 1.54) is 44.1 Å². The third-order valence-electron chi connectivity index (χ3n) is 8.37. The van der Waals surface area contributed by atoms with Crippen molar-refractivity contribution in [2.45, 2.75) is 0 Å². The lowest BCUT2D eigenvalue weighted by Crippen LogP contribution is -2.09. The zero-order valence-corrected chi connectivity index (χ0v) is 24.2. The van der Waals surface area contributed by atoms with Crippen LogP contribution in [0.25, 0.3) is 49.7 Å². The molecule has 1 aromatic heterocycles. The lowest BCUT2D eigenvalue weighted by Gasteiger charge is -2.26. The average molecular weight is 563 g/mol. The van der Waals surface area contributed by atoms with E-state index in [1.807, 2.05) is 0 Å². The summed E-state index contributed by atoms with van der Waals surface area (Å²) in [5, 5.41) is 2.54. The zero-order valence-electron chi connectivity index (χ0n) is 24.2. The molecule has 0 saturated carbocycles. The molecule has 2 nitrogen and oxygen atoms in total. The Balaban J connectivity index is 1.22. The Bertz CT molecular complexity index is 2160. The van der Waals surface area contributed by atoms with Gasteiger partial charge in [-0.1, -0.05) is 121 Å². The number of para-hydroxylation sites is 3. The molecule has 0 radical (unpaired) electrons. The SMILES string of the molecule is c1ccc(-c2ccc(N(c3ccccc3)c3cccc(-c4cccc(-n5c6ccccc6c6ccccc65)c4)c3)cc2)cc1. The quantitative estimate of drug-likeness (QED) is 0.196. The van der Waals surface area contributed by atoms with E-state index in [-0.39, 0.29) is 0 Å². The van der Waals surface area contributed by atoms with Crippen LogP contribution in [0.5, 0.6) is 0 Å². The van der Waals surface area contributed by atoms with Gasteiger partial charge in [-0.25, -0.2) is 0 Å². The molecule has 0 aliphatic rings. The number of nitrogens with zero attached hydrogens (tertiary/aromatic N) is 2. The van der Waals surface area contributed by atoms with Crippen LogP contribution in [0, 0.1) is 0 Å². The summed E-state index contributed by atoms with van der Waals surface area (Å²) in [7, 11) is 0. The van der Waals surface area contributed by atoms with E-state index < -0.39 is 0 Å². The highest BCUT2D eigenvalue weighted by molar-refractivity contribution is 6.09. The Kier molecular flexibility index (Phi) is 6.51. The summed E-state index contributed by atoms with van der Waals surface area (Å²) < 4.78 is 2.38. The van der Waals surface area contributed by atoms with Crippen LogP contribution in [-0.4, -0.2) is 4.57 Å². The zero-order chi connectivity index (χ0) is 29.3. The van der Waals surface area contributed by atoms with Crippen LogP contribution >= 0.6 is 0 Å². The summed E-state index contributed by atoms with van der Waals surface area (Å²) in [5.41, 5.74) is 11.7. The van der Waals surface area contributed by atoms with Gasteiger partial charge in [-0.2, -0.15) is 0 Å². The second-order valence-corrected chi connectivity index (χ2v) is 11.1. The van der Waals surface area contributed by atoms with E-state index >= 15 is 0 Å². The molecule has 8 aromatic rings. The third kappa shape index (κ3) is 4.63. The van der Waals surface area contributed by atoms with Crippen LogP contribution < -0.4 is 4.90 Å². The fourth-order valence-electron chi connectivity index (χ4n) is 6.31. The summed E-state index contributed by atoms with van der Waals surface area (Å²) in [5.74, 6) is 0. The van der Waals surface area contributed by atoms with Crippen molar-refractivity contribution in [3.05, 3.63) is 182 Å². The predicted octanol–water partition coefficient (Wildman–Crippen LogP) is 11.6. The number of benzene rings is 7. The highest BCUT2D eigenvalue weighted by Crippen LogP contribution is 2.38. The molecule has 2 heteroatoms. The second-order valence-electron chi connectivity index (χ2n) is 11.1. The maximum Gasteiger partial charge on any atom is 0.0541 e. The van der Waals surface area contributed by atoms with E-state index in [4.69, 9.17) is 0 Å². The van der Waals surface area contributed by atoms with E-state index in [2.05, 4.69) is 191 Å². The maximum atomic E-state index is 2.38. The van der Waals surface area contributed by atoms with Gasteiger partial charge in [0.25, 0.3) is 0 Å². The molecule has 7 aromatic carbocycles. The Labute approximate surface area is 257 Å². The summed E-state index contributed by atoms with van der Waals surface area (Å²) in [6, 6.07) is 65.0. The number of hydrogen-bond acceptors (Lipinski definition) is 1. The highest BCUT2D eigenvalue weighted by atomic mass is 15.1. The Morgan fingerprint density at radius 1 is 0.318 bits per heavy atom. The average Bonchev–Trinajstić information content (AvgIpc) is 3.44. The first-order valence-electron chi connectivity index (χ1n) is 15.0. The standard InChI is InChI=1S/C42H30N2/c1-3-13-31(14-4-1)32-25-27-36(28-26-32)43(35-17-5-2-6-18-35)37-19-11-15-33(29-37)34-16-12-20-38(30-34)44-41-23-9-7-21-39(41)40-22-8-10-24-42(40)44/h1-30H. The molecule has 208 valence electrons. The highest BCUT2D eigenvalue weighted by Gasteiger charge is 2.15. The van der Waals surface area contributed by atoms with Gasteiger partial charge in [0.05, 0.1) is 11.0 Å². The van der Waals surface area contributed by atoms with Gasteiger partial charge in [0.1, 0.15) is 0 Å². The van der Waals surface area contributed by atoms with Gasteiger partial charge in [-0.15, -0.1) is 0 Å². The van der Waals surface area contributed by atoms with Gasteiger partial charge in [0, 0.05) is 33.5 Å². The molecule has 0 amide bonds. The molecule has 0 unspecified atom stereocenters. The van der Waals surface area contributed by atoms with Crippen LogP contribution in [0.2, 0.25) is 0 Å². The monoisotopic (exact) mass is 562 g/mol. The number of aromatic nitrogens is 1. The summed E-state index contributed by atoms with van der Waals surface area (Å²) in [6.07, 6.45) is 0. The Morgan fingerprint density at radius 3 is 1.48 bits per heavy atom. The minimum Gasteiger partial charge on any atom is -0.310 e. The number of anilines is 3. The van der Waals surface area contributed by atoms with Crippen molar-refractivity contribution in [1.29, 1.82) is 0 Å². The molecular formula is C42H30N2. The van der Waals surface area contributed by atoms with E-state index in [1.54, 1.807) is 0 Å². The van der Waals surface area contributed by atoms with Crippen LogP contribution in [0.1, 0.15) is 0 Å². The van der Waals surface area contributed by atoms with Crippen molar-refractivity contribution in [1.82, 2.24) is 4.57 Å². The molecular weight excluding hydrogens is 532 g/mol. The Hall–Kier alpha value is -5.86. The fraction of sp³-hybridized carbons (Fsp3) is 0. The van der Waals surface area contributed by atoms with Gasteiger partial charge in [-0.3, -0.25) is 0 Å². The van der Waals surface area contributed by atoms with Gasteiger partial charge in [-0.05, 0) is 82.9 Å². The van der Waals surface area contributed by atoms with Crippen LogP contribution in [0.4, 0.5) is 17.1 Å². The van der Waals surface area contributed by atoms with E-state index in [0.717, 1.165) is 22.7 Å². The van der Waals surface area contributed by atoms with Gasteiger partial charge in [0.2, 0.25) is 0 Å². The molecule has 0 aliphatic carbocycles. The van der Waals surface area contributed by atoms with Crippen molar-refractivity contribution in [3.8, 4) is 27.9 Å². The largest absolute Gasteiger partial charge is 0.310 e. The van der Waals surface area contributed by atoms with Crippen molar-refractivity contribution in [2.24, 2.45) is 0 Å². The first-order chi connectivity index (χ1) is 21.8. The molecule has 1 heterocycles. The number of rotatable bonds is 6. The molecule has 0 saturated heterocycles. The van der Waals surface area contributed by atoms with Crippen LogP contribution in [0.3, 0.4) is 0 Å². The van der Waals surface area contributed by atoms with Gasteiger partial charge < -0.3 is 9.47 Å². The normalized spacial score (nSPS) is 11.2. The van der Waals surface area contributed by atoms with Crippen LogP contribution in [0.15, 0.2) is 182 Å². The topological polar surface area (TPSA) is 8.17 Å². The molecule has 0 atom stereocenters. The van der Waals surface area contributed by atoms with E-state index in [9.17, 15) is 0 Å². The van der Waals surface area contributed by atoms with Crippen LogP contribution in [-0.2, 0) is 0 Å². The number of fused-ring (bicyclic) bond motifs is 3. The predicted molar refractivity (Wildman–Crippen MR) is 186 cm³/mol. The van der Waals surface area contributed by atoms with E-state index in [0.29, 0.717) is 0 Å². The minimum atomic E-state index is 1.11. The van der Waals surface area contributed by atoms with Gasteiger partial charge in [0.15, 0.2) is 0 Å². The lowest BCUT2D eigenvalue weighted by atomic mass is 10.0. The maximum absolute atomic E-state index is 2.38. The van der Waals surface area contributed by atoms with Crippen molar-refractivity contribution >= 4 is 38.9 Å². The molecule has 0 bridgehead atoms. The molecule has 0 N–H and O–H groups in total. The third-order valence-corrected chi connectivity index (χ3v) is 8.37. The number of hydrogen-bond donors (Lipinski definition) is 0. The smallest absolute Gasteiger partial charge is 0.0541 e. The summed E-state index contributed by atoms with van der Waals surface area (Å²) in [6.45, 7) is 0. The van der Waals surface area contributed by atoms with Crippen molar-refractivity contribution < 1.29 is 0 Å².